The molecule has 1 aliphatic heterocycles. The maximum atomic E-state index is 13.1. The summed E-state index contributed by atoms with van der Waals surface area (Å²) in [6.45, 7) is 9.50. The minimum absolute atomic E-state index is 0.290. The van der Waals surface area contributed by atoms with Gasteiger partial charge in [0.05, 0.1) is 16.3 Å². The van der Waals surface area contributed by atoms with Crippen LogP contribution in [0.15, 0.2) is 23.2 Å². The zero-order valence-electron chi connectivity index (χ0n) is 14.9. The van der Waals surface area contributed by atoms with Crippen molar-refractivity contribution in [3.63, 3.8) is 0 Å². The number of aliphatic imine (C=N–C) groups is 1. The molecule has 0 aromatic heterocycles. The summed E-state index contributed by atoms with van der Waals surface area (Å²) in [5, 5.41) is 0.501. The summed E-state index contributed by atoms with van der Waals surface area (Å²) >= 11 is 7.31. The van der Waals surface area contributed by atoms with Crippen LogP contribution in [0.25, 0.3) is 0 Å². The lowest BCUT2D eigenvalue weighted by molar-refractivity contribution is -0.137. The van der Waals surface area contributed by atoms with Crippen molar-refractivity contribution in [2.24, 2.45) is 16.8 Å². The van der Waals surface area contributed by atoms with Crippen LogP contribution in [-0.2, 0) is 6.18 Å². The molecule has 1 aliphatic rings. The Labute approximate surface area is 156 Å². The summed E-state index contributed by atoms with van der Waals surface area (Å²) in [6.07, 6.45) is -3.42. The van der Waals surface area contributed by atoms with Gasteiger partial charge in [-0.2, -0.15) is 13.2 Å². The normalized spacial score (nSPS) is 21.4. The fourth-order valence-electron chi connectivity index (χ4n) is 2.83. The fraction of sp³-hybridized carbons (Fsp3) is 0.611. The Morgan fingerprint density at radius 3 is 2.56 bits per heavy atom. The minimum Gasteiger partial charge on any atom is -0.347 e. The van der Waals surface area contributed by atoms with Gasteiger partial charge in [-0.3, -0.25) is 0 Å². The lowest BCUT2D eigenvalue weighted by atomic mass is 9.99. The number of nitrogens with zero attached hydrogens (tertiary/aromatic N) is 2. The van der Waals surface area contributed by atoms with E-state index in [-0.39, 0.29) is 10.7 Å². The molecule has 1 fully saturated rings. The molecule has 2 nitrogen and oxygen atoms in total. The SMILES string of the molecule is CCC(C)C1CSC(=Nc2ccc(Cl)c(C(F)(F)F)c2)N1CC(C)C. The van der Waals surface area contributed by atoms with E-state index in [1.54, 1.807) is 11.8 Å². The molecule has 2 rings (SSSR count). The molecule has 0 N–H and O–H groups in total. The standard InChI is InChI=1S/C18H24ClF3N2S/c1-5-12(4)16-10-25-17(24(16)9-11(2)3)23-13-6-7-15(19)14(8-13)18(20,21)22/h6-8,11-12,16H,5,9-10H2,1-4H3. The molecule has 0 radical (unpaired) electrons. The summed E-state index contributed by atoms with van der Waals surface area (Å²) < 4.78 is 39.2. The van der Waals surface area contributed by atoms with Crippen LogP contribution in [0.1, 0.15) is 39.7 Å². The van der Waals surface area contributed by atoms with Gasteiger partial charge in [0.1, 0.15) is 0 Å². The van der Waals surface area contributed by atoms with Crippen LogP contribution in [0, 0.1) is 11.8 Å². The van der Waals surface area contributed by atoms with Gasteiger partial charge in [-0.15, -0.1) is 0 Å². The van der Waals surface area contributed by atoms with Crippen molar-refractivity contribution in [2.75, 3.05) is 12.3 Å². The van der Waals surface area contributed by atoms with Crippen LogP contribution in [0.5, 0.6) is 0 Å². The number of thioether (sulfide) groups is 1. The van der Waals surface area contributed by atoms with E-state index < -0.39 is 11.7 Å². The van der Waals surface area contributed by atoms with Crippen molar-refractivity contribution in [3.8, 4) is 0 Å². The molecule has 2 unspecified atom stereocenters. The second-order valence-corrected chi connectivity index (χ2v) is 8.26. The Kier molecular flexibility index (Phi) is 6.71. The number of alkyl halides is 3. The van der Waals surface area contributed by atoms with Gasteiger partial charge in [-0.05, 0) is 30.0 Å². The molecule has 1 heterocycles. The Balaban J connectivity index is 2.35. The smallest absolute Gasteiger partial charge is 0.347 e. The van der Waals surface area contributed by atoms with Gasteiger partial charge in [-0.25, -0.2) is 4.99 Å². The van der Waals surface area contributed by atoms with Crippen molar-refractivity contribution >= 4 is 34.2 Å². The van der Waals surface area contributed by atoms with E-state index in [0.717, 1.165) is 30.0 Å². The number of rotatable bonds is 5. The van der Waals surface area contributed by atoms with Crippen LogP contribution in [-0.4, -0.2) is 28.4 Å². The first kappa shape index (κ1) is 20.4. The van der Waals surface area contributed by atoms with Crippen molar-refractivity contribution in [3.05, 3.63) is 28.8 Å². The molecule has 1 saturated heterocycles. The quantitative estimate of drug-likeness (QED) is 0.571. The largest absolute Gasteiger partial charge is 0.417 e. The molecule has 0 aliphatic carbocycles. The topological polar surface area (TPSA) is 15.6 Å². The van der Waals surface area contributed by atoms with Crippen LogP contribution in [0.2, 0.25) is 5.02 Å². The minimum atomic E-state index is -4.48. The molecule has 1 aromatic carbocycles. The van der Waals surface area contributed by atoms with Gasteiger partial charge in [0.15, 0.2) is 5.17 Å². The fourth-order valence-corrected chi connectivity index (χ4v) is 4.43. The van der Waals surface area contributed by atoms with Gasteiger partial charge in [0, 0.05) is 18.3 Å². The highest BCUT2D eigenvalue weighted by Gasteiger charge is 2.35. The van der Waals surface area contributed by atoms with Gasteiger partial charge >= 0.3 is 6.18 Å². The van der Waals surface area contributed by atoms with Gasteiger partial charge in [0.2, 0.25) is 0 Å². The Bertz CT molecular complexity index is 631. The lowest BCUT2D eigenvalue weighted by Gasteiger charge is -2.31. The molecular formula is C18H24ClF3N2S. The first-order chi connectivity index (χ1) is 11.6. The third-order valence-corrected chi connectivity index (χ3v) is 5.79. The lowest BCUT2D eigenvalue weighted by Crippen LogP contribution is -2.40. The highest BCUT2D eigenvalue weighted by atomic mass is 35.5. The zero-order chi connectivity index (χ0) is 18.8. The molecule has 0 bridgehead atoms. The third kappa shape index (κ3) is 5.07. The zero-order valence-corrected chi connectivity index (χ0v) is 16.5. The summed E-state index contributed by atoms with van der Waals surface area (Å²) in [6, 6.07) is 4.20. The highest BCUT2D eigenvalue weighted by Crippen LogP contribution is 2.38. The van der Waals surface area contributed by atoms with E-state index in [2.05, 4.69) is 37.6 Å². The summed E-state index contributed by atoms with van der Waals surface area (Å²) in [7, 11) is 0. The molecular weight excluding hydrogens is 369 g/mol. The van der Waals surface area contributed by atoms with E-state index in [0.29, 0.717) is 17.9 Å². The van der Waals surface area contributed by atoms with E-state index in [4.69, 9.17) is 11.6 Å². The van der Waals surface area contributed by atoms with Crippen LogP contribution < -0.4 is 0 Å². The van der Waals surface area contributed by atoms with E-state index in [1.807, 2.05) is 0 Å². The molecule has 25 heavy (non-hydrogen) atoms. The van der Waals surface area contributed by atoms with Gasteiger partial charge in [-0.1, -0.05) is 57.5 Å². The number of halogens is 4. The van der Waals surface area contributed by atoms with Crippen molar-refractivity contribution < 1.29 is 13.2 Å². The van der Waals surface area contributed by atoms with Crippen LogP contribution >= 0.6 is 23.4 Å². The van der Waals surface area contributed by atoms with Crippen LogP contribution in [0.4, 0.5) is 18.9 Å². The van der Waals surface area contributed by atoms with E-state index in [1.165, 1.54) is 12.1 Å². The van der Waals surface area contributed by atoms with Crippen molar-refractivity contribution in [1.29, 1.82) is 0 Å². The first-order valence-electron chi connectivity index (χ1n) is 8.48. The Hall–Kier alpha value is -0.880. The Morgan fingerprint density at radius 2 is 2.00 bits per heavy atom. The third-order valence-electron chi connectivity index (χ3n) is 4.37. The van der Waals surface area contributed by atoms with E-state index in [9.17, 15) is 13.2 Å². The van der Waals surface area contributed by atoms with Gasteiger partial charge < -0.3 is 4.90 Å². The number of amidine groups is 1. The molecule has 0 amide bonds. The summed E-state index contributed by atoms with van der Waals surface area (Å²) in [5.74, 6) is 1.88. The van der Waals surface area contributed by atoms with E-state index >= 15 is 0 Å². The predicted octanol–water partition coefficient (Wildman–Crippen LogP) is 6.47. The van der Waals surface area contributed by atoms with Crippen LogP contribution in [0.3, 0.4) is 0 Å². The summed E-state index contributed by atoms with van der Waals surface area (Å²) in [4.78, 5) is 6.78. The number of benzene rings is 1. The number of hydrogen-bond acceptors (Lipinski definition) is 2. The summed E-state index contributed by atoms with van der Waals surface area (Å²) in [5.41, 5.74) is -0.550. The highest BCUT2D eigenvalue weighted by molar-refractivity contribution is 8.14. The average molecular weight is 393 g/mol. The van der Waals surface area contributed by atoms with Crippen molar-refractivity contribution in [2.45, 2.75) is 46.3 Å². The Morgan fingerprint density at radius 1 is 1.32 bits per heavy atom. The maximum absolute atomic E-state index is 13.1. The second-order valence-electron chi connectivity index (χ2n) is 6.87. The van der Waals surface area contributed by atoms with Crippen molar-refractivity contribution in [1.82, 2.24) is 4.90 Å². The second kappa shape index (κ2) is 8.21. The molecule has 2 atom stereocenters. The molecule has 140 valence electrons. The number of hydrogen-bond donors (Lipinski definition) is 0. The first-order valence-corrected chi connectivity index (χ1v) is 9.84. The predicted molar refractivity (Wildman–Crippen MR) is 101 cm³/mol. The molecule has 1 aromatic rings. The molecule has 0 saturated carbocycles. The maximum Gasteiger partial charge on any atom is 0.417 e. The average Bonchev–Trinajstić information content (AvgIpc) is 2.89. The monoisotopic (exact) mass is 392 g/mol. The molecule has 7 heteroatoms. The van der Waals surface area contributed by atoms with Gasteiger partial charge in [0.25, 0.3) is 0 Å². The molecule has 0 spiro atoms.